The molecule has 0 fully saturated rings. The largest absolute Gasteiger partial charge is 0.507 e. The van der Waals surface area contributed by atoms with Crippen molar-refractivity contribution < 1.29 is 9.94 Å². The second-order valence-electron chi connectivity index (χ2n) is 4.07. The monoisotopic (exact) mass is 209 g/mol. The number of hydrogen-bond donors (Lipinski definition) is 2. The molecule has 1 rings (SSSR count). The molecule has 0 aliphatic heterocycles. The highest BCUT2D eigenvalue weighted by Crippen LogP contribution is 2.30. The molecule has 0 amide bonds. The SMILES string of the molecule is Cc1ccc(C(C)C)c(CCON)c1O. The third kappa shape index (κ3) is 2.70. The quantitative estimate of drug-likeness (QED) is 0.748. The van der Waals surface area contributed by atoms with Crippen molar-refractivity contribution in [2.75, 3.05) is 6.61 Å². The zero-order chi connectivity index (χ0) is 11.4. The normalized spacial score (nSPS) is 11.0. The fraction of sp³-hybridized carbons (Fsp3) is 0.500. The molecule has 0 atom stereocenters. The number of phenols is 1. The van der Waals surface area contributed by atoms with E-state index in [9.17, 15) is 5.11 Å². The summed E-state index contributed by atoms with van der Waals surface area (Å²) in [5, 5.41) is 9.96. The second kappa shape index (κ2) is 5.14. The lowest BCUT2D eigenvalue weighted by atomic mass is 9.93. The fourth-order valence-corrected chi connectivity index (χ4v) is 1.73. The number of benzene rings is 1. The Hall–Kier alpha value is -1.06. The average molecular weight is 209 g/mol. The van der Waals surface area contributed by atoms with E-state index in [0.29, 0.717) is 24.7 Å². The molecule has 0 radical (unpaired) electrons. The van der Waals surface area contributed by atoms with Gasteiger partial charge in [-0.05, 0) is 29.5 Å². The Bertz CT molecular complexity index is 335. The second-order valence-corrected chi connectivity index (χ2v) is 4.07. The van der Waals surface area contributed by atoms with Crippen LogP contribution in [0.25, 0.3) is 0 Å². The maximum atomic E-state index is 9.96. The van der Waals surface area contributed by atoms with Crippen LogP contribution in [0.5, 0.6) is 5.75 Å². The summed E-state index contributed by atoms with van der Waals surface area (Å²) in [6, 6.07) is 4.00. The summed E-state index contributed by atoms with van der Waals surface area (Å²) in [5.41, 5.74) is 3.01. The molecule has 0 aromatic heterocycles. The van der Waals surface area contributed by atoms with Gasteiger partial charge in [-0.25, -0.2) is 5.90 Å². The Morgan fingerprint density at radius 3 is 2.60 bits per heavy atom. The molecule has 84 valence electrons. The van der Waals surface area contributed by atoms with Crippen molar-refractivity contribution in [2.24, 2.45) is 5.90 Å². The lowest BCUT2D eigenvalue weighted by molar-refractivity contribution is 0.140. The summed E-state index contributed by atoms with van der Waals surface area (Å²) in [6.07, 6.45) is 0.650. The molecule has 0 aliphatic carbocycles. The van der Waals surface area contributed by atoms with Gasteiger partial charge in [0.1, 0.15) is 5.75 Å². The first kappa shape index (κ1) is 12.0. The van der Waals surface area contributed by atoms with Crippen molar-refractivity contribution >= 4 is 0 Å². The third-order valence-corrected chi connectivity index (χ3v) is 2.61. The molecule has 0 spiro atoms. The number of aryl methyl sites for hydroxylation is 1. The van der Waals surface area contributed by atoms with Gasteiger partial charge in [-0.2, -0.15) is 0 Å². The molecule has 3 nitrogen and oxygen atoms in total. The molecule has 1 aromatic rings. The Kier molecular flexibility index (Phi) is 4.12. The standard InChI is InChI=1S/C12H19NO2/c1-8(2)10-5-4-9(3)12(14)11(10)6-7-15-13/h4-5,8,14H,6-7,13H2,1-3H3. The van der Waals surface area contributed by atoms with Gasteiger partial charge in [0.2, 0.25) is 0 Å². The Morgan fingerprint density at radius 2 is 2.07 bits per heavy atom. The predicted molar refractivity (Wildman–Crippen MR) is 60.8 cm³/mol. The van der Waals surface area contributed by atoms with Gasteiger partial charge in [0.15, 0.2) is 0 Å². The van der Waals surface area contributed by atoms with Crippen molar-refractivity contribution in [3.63, 3.8) is 0 Å². The average Bonchev–Trinajstić information content (AvgIpc) is 2.19. The predicted octanol–water partition coefficient (Wildman–Crippen LogP) is 2.26. The van der Waals surface area contributed by atoms with Crippen LogP contribution in [0, 0.1) is 6.92 Å². The van der Waals surface area contributed by atoms with E-state index < -0.39 is 0 Å². The van der Waals surface area contributed by atoms with Gasteiger partial charge in [0, 0.05) is 6.42 Å². The zero-order valence-electron chi connectivity index (χ0n) is 9.58. The van der Waals surface area contributed by atoms with Gasteiger partial charge < -0.3 is 9.94 Å². The topological polar surface area (TPSA) is 55.5 Å². The van der Waals surface area contributed by atoms with Crippen LogP contribution in [0.3, 0.4) is 0 Å². The third-order valence-electron chi connectivity index (χ3n) is 2.61. The summed E-state index contributed by atoms with van der Waals surface area (Å²) in [5.74, 6) is 5.78. The molecule has 3 N–H and O–H groups in total. The Morgan fingerprint density at radius 1 is 1.40 bits per heavy atom. The maximum absolute atomic E-state index is 9.96. The van der Waals surface area contributed by atoms with Crippen LogP contribution in [-0.2, 0) is 11.3 Å². The van der Waals surface area contributed by atoms with E-state index in [0.717, 1.165) is 16.7 Å². The van der Waals surface area contributed by atoms with Crippen LogP contribution < -0.4 is 5.90 Å². The van der Waals surface area contributed by atoms with Crippen LogP contribution in [0.2, 0.25) is 0 Å². The zero-order valence-corrected chi connectivity index (χ0v) is 9.58. The molecule has 15 heavy (non-hydrogen) atoms. The molecule has 0 saturated carbocycles. The Labute approximate surface area is 90.8 Å². The first-order chi connectivity index (χ1) is 7.07. The van der Waals surface area contributed by atoms with Gasteiger partial charge in [0.25, 0.3) is 0 Å². The van der Waals surface area contributed by atoms with Crippen LogP contribution in [-0.4, -0.2) is 11.7 Å². The van der Waals surface area contributed by atoms with Crippen molar-refractivity contribution in [1.82, 2.24) is 0 Å². The molecule has 0 saturated heterocycles. The van der Waals surface area contributed by atoms with E-state index in [2.05, 4.69) is 24.8 Å². The molecular weight excluding hydrogens is 190 g/mol. The van der Waals surface area contributed by atoms with Gasteiger partial charge in [-0.3, -0.25) is 0 Å². The number of hydrogen-bond acceptors (Lipinski definition) is 3. The van der Waals surface area contributed by atoms with Crippen LogP contribution in [0.15, 0.2) is 12.1 Å². The minimum Gasteiger partial charge on any atom is -0.507 e. The van der Waals surface area contributed by atoms with Crippen molar-refractivity contribution in [1.29, 1.82) is 0 Å². The fourth-order valence-electron chi connectivity index (χ4n) is 1.73. The molecule has 0 aliphatic rings. The minimum atomic E-state index is 0.373. The number of phenolic OH excluding ortho intramolecular Hbond substituents is 1. The number of nitrogens with two attached hydrogens (primary N) is 1. The highest BCUT2D eigenvalue weighted by molar-refractivity contribution is 5.46. The van der Waals surface area contributed by atoms with E-state index in [1.807, 2.05) is 13.0 Å². The highest BCUT2D eigenvalue weighted by Gasteiger charge is 2.12. The first-order valence-corrected chi connectivity index (χ1v) is 5.21. The number of aromatic hydroxyl groups is 1. The van der Waals surface area contributed by atoms with E-state index in [1.165, 1.54) is 0 Å². The smallest absolute Gasteiger partial charge is 0.122 e. The molecule has 3 heteroatoms. The van der Waals surface area contributed by atoms with Gasteiger partial charge >= 0.3 is 0 Å². The summed E-state index contributed by atoms with van der Waals surface area (Å²) in [6.45, 7) is 6.54. The first-order valence-electron chi connectivity index (χ1n) is 5.21. The molecular formula is C12H19NO2. The minimum absolute atomic E-state index is 0.373. The Balaban J connectivity index is 3.10. The van der Waals surface area contributed by atoms with Gasteiger partial charge in [-0.15, -0.1) is 0 Å². The van der Waals surface area contributed by atoms with Crippen LogP contribution in [0.1, 0.15) is 36.5 Å². The van der Waals surface area contributed by atoms with Gasteiger partial charge in [0.05, 0.1) is 6.61 Å². The lowest BCUT2D eigenvalue weighted by Crippen LogP contribution is -2.07. The van der Waals surface area contributed by atoms with Crippen LogP contribution >= 0.6 is 0 Å². The van der Waals surface area contributed by atoms with Gasteiger partial charge in [-0.1, -0.05) is 26.0 Å². The molecule has 1 aromatic carbocycles. The van der Waals surface area contributed by atoms with Crippen LogP contribution in [0.4, 0.5) is 0 Å². The van der Waals surface area contributed by atoms with Crippen molar-refractivity contribution in [2.45, 2.75) is 33.1 Å². The summed E-state index contributed by atoms with van der Waals surface area (Å²) < 4.78 is 0. The van der Waals surface area contributed by atoms with Crippen molar-refractivity contribution in [3.8, 4) is 5.75 Å². The number of rotatable bonds is 4. The highest BCUT2D eigenvalue weighted by atomic mass is 16.6. The molecule has 0 bridgehead atoms. The maximum Gasteiger partial charge on any atom is 0.122 e. The molecule has 0 unspecified atom stereocenters. The van der Waals surface area contributed by atoms with E-state index in [1.54, 1.807) is 0 Å². The summed E-state index contributed by atoms with van der Waals surface area (Å²) >= 11 is 0. The summed E-state index contributed by atoms with van der Waals surface area (Å²) in [7, 11) is 0. The molecule has 0 heterocycles. The van der Waals surface area contributed by atoms with E-state index in [4.69, 9.17) is 5.90 Å². The van der Waals surface area contributed by atoms with Crippen molar-refractivity contribution in [3.05, 3.63) is 28.8 Å². The van der Waals surface area contributed by atoms with E-state index in [-0.39, 0.29) is 0 Å². The summed E-state index contributed by atoms with van der Waals surface area (Å²) in [4.78, 5) is 4.56. The lowest BCUT2D eigenvalue weighted by Gasteiger charge is -2.15. The van der Waals surface area contributed by atoms with E-state index >= 15 is 0 Å².